The van der Waals surface area contributed by atoms with Crippen LogP contribution in [0.25, 0.3) is 0 Å². The number of sulfone groups is 1. The molecule has 3 rings (SSSR count). The van der Waals surface area contributed by atoms with Crippen LogP contribution in [0.2, 0.25) is 0 Å². The molecule has 1 aromatic heterocycles. The SMILES string of the molecule is C[C@H](c1n[nH]c(=O)o1)[C@@H]1Cc2ccccc2C(S(C)(=O)=O)C1. The Balaban J connectivity index is 1.98. The summed E-state index contributed by atoms with van der Waals surface area (Å²) in [6.07, 6.45) is 2.53. The highest BCUT2D eigenvalue weighted by Crippen LogP contribution is 2.42. The Labute approximate surface area is 128 Å². The van der Waals surface area contributed by atoms with Gasteiger partial charge in [0, 0.05) is 12.2 Å². The van der Waals surface area contributed by atoms with Gasteiger partial charge >= 0.3 is 5.76 Å². The van der Waals surface area contributed by atoms with Gasteiger partial charge in [0.1, 0.15) is 0 Å². The van der Waals surface area contributed by atoms with E-state index in [9.17, 15) is 13.2 Å². The van der Waals surface area contributed by atoms with Crippen LogP contribution in [0.5, 0.6) is 0 Å². The van der Waals surface area contributed by atoms with Gasteiger partial charge in [0.05, 0.1) is 5.25 Å². The molecule has 1 unspecified atom stereocenters. The highest BCUT2D eigenvalue weighted by molar-refractivity contribution is 7.90. The second kappa shape index (κ2) is 5.39. The molecule has 118 valence electrons. The van der Waals surface area contributed by atoms with E-state index in [4.69, 9.17) is 4.42 Å². The fourth-order valence-corrected chi connectivity index (χ4v) is 4.51. The normalized spacial score (nSPS) is 23.0. The number of aromatic nitrogens is 2. The Morgan fingerprint density at radius 3 is 2.73 bits per heavy atom. The molecule has 0 saturated heterocycles. The monoisotopic (exact) mass is 322 g/mol. The predicted molar refractivity (Wildman–Crippen MR) is 81.4 cm³/mol. The smallest absolute Gasteiger partial charge is 0.392 e. The van der Waals surface area contributed by atoms with Crippen LogP contribution in [-0.2, 0) is 16.3 Å². The summed E-state index contributed by atoms with van der Waals surface area (Å²) in [5.74, 6) is -0.322. The maximum Gasteiger partial charge on any atom is 0.434 e. The van der Waals surface area contributed by atoms with Gasteiger partial charge in [-0.3, -0.25) is 0 Å². The number of nitrogens with one attached hydrogen (secondary N) is 1. The molecule has 0 aliphatic heterocycles. The molecule has 0 fully saturated rings. The number of aromatic amines is 1. The van der Waals surface area contributed by atoms with E-state index in [1.807, 2.05) is 31.2 Å². The van der Waals surface area contributed by atoms with Crippen LogP contribution in [-0.4, -0.2) is 24.9 Å². The van der Waals surface area contributed by atoms with Gasteiger partial charge in [-0.2, -0.15) is 0 Å². The van der Waals surface area contributed by atoms with Crippen LogP contribution in [0.3, 0.4) is 0 Å². The average molecular weight is 322 g/mol. The van der Waals surface area contributed by atoms with Crippen LogP contribution in [0.1, 0.15) is 41.5 Å². The van der Waals surface area contributed by atoms with Crippen LogP contribution < -0.4 is 5.76 Å². The van der Waals surface area contributed by atoms with Crippen molar-refractivity contribution in [3.8, 4) is 0 Å². The van der Waals surface area contributed by atoms with Gasteiger partial charge in [-0.05, 0) is 29.9 Å². The molecular formula is C15H18N2O4S. The third-order valence-corrected chi connectivity index (χ3v) is 5.95. The van der Waals surface area contributed by atoms with Crippen molar-refractivity contribution in [2.75, 3.05) is 6.26 Å². The molecule has 1 heterocycles. The second-order valence-corrected chi connectivity index (χ2v) is 8.19. The Morgan fingerprint density at radius 2 is 2.09 bits per heavy atom. The quantitative estimate of drug-likeness (QED) is 0.930. The van der Waals surface area contributed by atoms with Crippen LogP contribution in [0, 0.1) is 5.92 Å². The predicted octanol–water partition coefficient (Wildman–Crippen LogP) is 1.81. The number of H-pyrrole nitrogens is 1. The van der Waals surface area contributed by atoms with E-state index in [2.05, 4.69) is 10.2 Å². The second-order valence-electron chi connectivity index (χ2n) is 5.96. The molecule has 0 saturated carbocycles. The Morgan fingerprint density at radius 1 is 1.36 bits per heavy atom. The number of hydrogen-bond acceptors (Lipinski definition) is 5. The van der Waals surface area contributed by atoms with E-state index in [-0.39, 0.29) is 11.8 Å². The van der Waals surface area contributed by atoms with E-state index in [0.29, 0.717) is 12.3 Å². The molecule has 0 amide bonds. The molecule has 22 heavy (non-hydrogen) atoms. The molecule has 7 heteroatoms. The molecular weight excluding hydrogens is 304 g/mol. The summed E-state index contributed by atoms with van der Waals surface area (Å²) in [7, 11) is -3.20. The Bertz CT molecular complexity index is 837. The standard InChI is InChI=1S/C15H18N2O4S/c1-9(14-16-17-15(18)21-14)11-7-10-5-3-4-6-12(10)13(8-11)22(2,19)20/h3-6,9,11,13H,7-8H2,1-2H3,(H,17,18)/t9-,11+,13?/m0/s1. The zero-order valence-electron chi connectivity index (χ0n) is 12.4. The molecule has 0 bridgehead atoms. The van der Waals surface area contributed by atoms with Crippen molar-refractivity contribution in [1.82, 2.24) is 10.2 Å². The van der Waals surface area contributed by atoms with Crippen molar-refractivity contribution < 1.29 is 12.8 Å². The lowest BCUT2D eigenvalue weighted by molar-refractivity contribution is 0.323. The summed E-state index contributed by atoms with van der Waals surface area (Å²) in [4.78, 5) is 11.1. The zero-order valence-corrected chi connectivity index (χ0v) is 13.3. The van der Waals surface area contributed by atoms with Gasteiger partial charge in [0.25, 0.3) is 0 Å². The van der Waals surface area contributed by atoms with Crippen molar-refractivity contribution in [2.24, 2.45) is 5.92 Å². The maximum absolute atomic E-state index is 12.2. The topological polar surface area (TPSA) is 93.0 Å². The van der Waals surface area contributed by atoms with Gasteiger partial charge in [-0.15, -0.1) is 5.10 Å². The van der Waals surface area contributed by atoms with Crippen molar-refractivity contribution in [3.63, 3.8) is 0 Å². The molecule has 2 aromatic rings. The van der Waals surface area contributed by atoms with E-state index in [1.54, 1.807) is 0 Å². The summed E-state index contributed by atoms with van der Waals surface area (Å²) in [5, 5.41) is 5.62. The highest BCUT2D eigenvalue weighted by Gasteiger charge is 2.36. The first-order chi connectivity index (χ1) is 10.4. The van der Waals surface area contributed by atoms with E-state index in [0.717, 1.165) is 17.5 Å². The largest absolute Gasteiger partial charge is 0.434 e. The molecule has 0 radical (unpaired) electrons. The van der Waals surface area contributed by atoms with Crippen LogP contribution >= 0.6 is 0 Å². The van der Waals surface area contributed by atoms with E-state index >= 15 is 0 Å². The number of nitrogens with zero attached hydrogens (tertiary/aromatic N) is 1. The number of fused-ring (bicyclic) bond motifs is 1. The van der Waals surface area contributed by atoms with Gasteiger partial charge in [0.15, 0.2) is 9.84 Å². The third-order valence-electron chi connectivity index (χ3n) is 4.47. The Hall–Kier alpha value is -1.89. The van der Waals surface area contributed by atoms with Gasteiger partial charge in [0.2, 0.25) is 5.89 Å². The number of hydrogen-bond donors (Lipinski definition) is 1. The lowest BCUT2D eigenvalue weighted by Crippen LogP contribution is -2.27. The minimum atomic E-state index is -3.20. The Kier molecular flexibility index (Phi) is 3.68. The summed E-state index contributed by atoms with van der Waals surface area (Å²) < 4.78 is 29.4. The molecule has 6 nitrogen and oxygen atoms in total. The molecule has 3 atom stereocenters. The first-order valence-electron chi connectivity index (χ1n) is 7.18. The van der Waals surface area contributed by atoms with Gasteiger partial charge in [-0.1, -0.05) is 31.2 Å². The first kappa shape index (κ1) is 15.0. The molecule has 1 N–H and O–H groups in total. The molecule has 1 aliphatic rings. The number of rotatable bonds is 3. The highest BCUT2D eigenvalue weighted by atomic mass is 32.2. The summed E-state index contributed by atoms with van der Waals surface area (Å²) in [6.45, 7) is 1.91. The molecule has 1 aliphatic carbocycles. The number of benzene rings is 1. The van der Waals surface area contributed by atoms with Crippen LogP contribution in [0.4, 0.5) is 0 Å². The van der Waals surface area contributed by atoms with Crippen molar-refractivity contribution in [3.05, 3.63) is 51.8 Å². The van der Waals surface area contributed by atoms with Crippen LogP contribution in [0.15, 0.2) is 33.5 Å². The summed E-state index contributed by atoms with van der Waals surface area (Å²) in [6, 6.07) is 7.64. The minimum Gasteiger partial charge on any atom is -0.392 e. The van der Waals surface area contributed by atoms with Crippen molar-refractivity contribution in [1.29, 1.82) is 0 Å². The van der Waals surface area contributed by atoms with Crippen molar-refractivity contribution >= 4 is 9.84 Å². The lowest BCUT2D eigenvalue weighted by Gasteiger charge is -2.32. The summed E-state index contributed by atoms with van der Waals surface area (Å²) in [5.41, 5.74) is 1.93. The third kappa shape index (κ3) is 2.72. The maximum atomic E-state index is 12.2. The first-order valence-corrected chi connectivity index (χ1v) is 9.14. The molecule has 0 spiro atoms. The van der Waals surface area contributed by atoms with Gasteiger partial charge < -0.3 is 4.42 Å². The minimum absolute atomic E-state index is 0.0566. The van der Waals surface area contributed by atoms with Crippen molar-refractivity contribution in [2.45, 2.75) is 30.9 Å². The zero-order chi connectivity index (χ0) is 15.9. The summed E-state index contributed by atoms with van der Waals surface area (Å²) >= 11 is 0. The van der Waals surface area contributed by atoms with E-state index < -0.39 is 20.8 Å². The lowest BCUT2D eigenvalue weighted by atomic mass is 9.77. The fraction of sp³-hybridized carbons (Fsp3) is 0.467. The fourth-order valence-electron chi connectivity index (χ4n) is 3.23. The molecule has 1 aromatic carbocycles. The average Bonchev–Trinajstić information content (AvgIpc) is 2.91. The van der Waals surface area contributed by atoms with Gasteiger partial charge in [-0.25, -0.2) is 18.3 Å². The van der Waals surface area contributed by atoms with E-state index in [1.165, 1.54) is 6.26 Å².